The van der Waals surface area contributed by atoms with Gasteiger partial charge in [-0.1, -0.05) is 12.1 Å². The van der Waals surface area contributed by atoms with Crippen LogP contribution < -0.4 is 20.7 Å². The van der Waals surface area contributed by atoms with Gasteiger partial charge in [-0.3, -0.25) is 14.5 Å². The molecule has 3 aliphatic heterocycles. The Morgan fingerprint density at radius 1 is 1.13 bits per heavy atom. The van der Waals surface area contributed by atoms with Gasteiger partial charge in [-0.2, -0.15) is 0 Å². The van der Waals surface area contributed by atoms with E-state index >= 15 is 0 Å². The number of anilines is 1. The molecule has 4 aliphatic rings. The fourth-order valence-corrected chi connectivity index (χ4v) is 6.05. The number of carbonyl (C=O) groups excluding carboxylic acids is 4. The van der Waals surface area contributed by atoms with Gasteiger partial charge in [-0.15, -0.1) is 0 Å². The van der Waals surface area contributed by atoms with Crippen molar-refractivity contribution in [3.63, 3.8) is 0 Å². The number of hydrogen-bond acceptors (Lipinski definition) is 5. The van der Waals surface area contributed by atoms with Crippen LogP contribution in [-0.2, 0) is 28.1 Å². The number of aryl methyl sites for hydroxylation is 1. The van der Waals surface area contributed by atoms with E-state index < -0.39 is 23.5 Å². The van der Waals surface area contributed by atoms with Crippen LogP contribution in [0.1, 0.15) is 42.4 Å². The van der Waals surface area contributed by atoms with Crippen molar-refractivity contribution in [1.82, 2.24) is 20.4 Å². The highest BCUT2D eigenvalue weighted by molar-refractivity contribution is 6.10. The van der Waals surface area contributed by atoms with Gasteiger partial charge >= 0.3 is 12.1 Å². The molecule has 1 unspecified atom stereocenters. The van der Waals surface area contributed by atoms with Crippen molar-refractivity contribution in [1.29, 1.82) is 0 Å². The van der Waals surface area contributed by atoms with Crippen LogP contribution in [0.5, 0.6) is 5.75 Å². The van der Waals surface area contributed by atoms with Gasteiger partial charge in [0, 0.05) is 43.4 Å². The second-order valence-corrected chi connectivity index (χ2v) is 10.6. The lowest BCUT2D eigenvalue weighted by Crippen LogP contribution is -2.49. The predicted octanol–water partition coefficient (Wildman–Crippen LogP) is 2.86. The third kappa shape index (κ3) is 4.45. The second kappa shape index (κ2) is 9.55. The molecule has 1 aliphatic carbocycles. The van der Waals surface area contributed by atoms with E-state index in [-0.39, 0.29) is 37.3 Å². The number of urea groups is 2. The van der Waals surface area contributed by atoms with Crippen molar-refractivity contribution in [3.05, 3.63) is 58.9 Å². The summed E-state index contributed by atoms with van der Waals surface area (Å²) < 4.78 is 19.7. The van der Waals surface area contributed by atoms with Gasteiger partial charge in [0.05, 0.1) is 6.61 Å². The number of halogens is 1. The summed E-state index contributed by atoms with van der Waals surface area (Å²) in [5, 5.41) is 7.96. The maximum absolute atomic E-state index is 13.9. The Morgan fingerprint density at radius 3 is 2.72 bits per heavy atom. The molecular formula is C28H30FN5O5. The van der Waals surface area contributed by atoms with Crippen LogP contribution in [0.4, 0.5) is 19.7 Å². The number of hydrogen-bond donors (Lipinski definition) is 3. The summed E-state index contributed by atoms with van der Waals surface area (Å²) >= 11 is 0. The number of amides is 6. The largest absolute Gasteiger partial charge is 0.493 e. The molecule has 39 heavy (non-hydrogen) atoms. The number of benzene rings is 2. The van der Waals surface area contributed by atoms with Crippen LogP contribution in [0.25, 0.3) is 0 Å². The summed E-state index contributed by atoms with van der Waals surface area (Å²) in [4.78, 5) is 55.2. The molecule has 6 rings (SSSR count). The van der Waals surface area contributed by atoms with E-state index in [1.807, 2.05) is 0 Å². The molecule has 2 atom stereocenters. The quantitative estimate of drug-likeness (QED) is 0.520. The molecule has 1 saturated heterocycles. The summed E-state index contributed by atoms with van der Waals surface area (Å²) in [7, 11) is 1.50. The lowest BCUT2D eigenvalue weighted by Gasteiger charge is -2.34. The molecule has 10 nitrogen and oxygen atoms in total. The summed E-state index contributed by atoms with van der Waals surface area (Å²) in [6, 6.07) is 8.50. The molecule has 1 spiro atoms. The smallest absolute Gasteiger partial charge is 0.325 e. The van der Waals surface area contributed by atoms with Crippen LogP contribution in [0, 0.1) is 11.7 Å². The molecule has 2 aromatic rings. The summed E-state index contributed by atoms with van der Waals surface area (Å²) in [5.74, 6) is -0.348. The summed E-state index contributed by atoms with van der Waals surface area (Å²) in [6.07, 6.45) is 3.66. The van der Waals surface area contributed by atoms with Crippen molar-refractivity contribution < 1.29 is 28.3 Å². The van der Waals surface area contributed by atoms with E-state index in [4.69, 9.17) is 4.74 Å². The number of rotatable bonds is 4. The van der Waals surface area contributed by atoms with Crippen LogP contribution in [0.2, 0.25) is 0 Å². The molecule has 0 bridgehead atoms. The zero-order valence-corrected chi connectivity index (χ0v) is 21.6. The lowest BCUT2D eigenvalue weighted by molar-refractivity contribution is -0.141. The van der Waals surface area contributed by atoms with Gasteiger partial charge in [0.1, 0.15) is 18.1 Å². The number of nitrogens with zero attached hydrogens (tertiary/aromatic N) is 2. The van der Waals surface area contributed by atoms with Crippen molar-refractivity contribution in [2.45, 2.75) is 50.2 Å². The van der Waals surface area contributed by atoms with E-state index in [2.05, 4.69) is 16.0 Å². The molecular weight excluding hydrogens is 505 g/mol. The molecule has 0 radical (unpaired) electrons. The van der Waals surface area contributed by atoms with Gasteiger partial charge in [0.15, 0.2) is 5.54 Å². The van der Waals surface area contributed by atoms with Crippen molar-refractivity contribution in [3.8, 4) is 5.75 Å². The van der Waals surface area contributed by atoms with Crippen molar-refractivity contribution >= 4 is 29.6 Å². The van der Waals surface area contributed by atoms with Crippen LogP contribution in [-0.4, -0.2) is 59.9 Å². The first kappa shape index (κ1) is 25.1. The molecule has 2 aromatic carbocycles. The van der Waals surface area contributed by atoms with Gasteiger partial charge < -0.3 is 25.6 Å². The molecule has 11 heteroatoms. The minimum Gasteiger partial charge on any atom is -0.493 e. The van der Waals surface area contributed by atoms with Gasteiger partial charge in [0.25, 0.3) is 5.91 Å². The molecule has 2 fully saturated rings. The van der Waals surface area contributed by atoms with Crippen molar-refractivity contribution in [2.75, 3.05) is 25.5 Å². The summed E-state index contributed by atoms with van der Waals surface area (Å²) in [6.45, 7) is 0.119. The van der Waals surface area contributed by atoms with E-state index in [1.54, 1.807) is 29.2 Å². The molecule has 1 saturated carbocycles. The molecule has 0 aromatic heterocycles. The average molecular weight is 536 g/mol. The van der Waals surface area contributed by atoms with Crippen LogP contribution in [0.3, 0.4) is 0 Å². The SMILES string of the molecule is CNC(=O)Nc1ccc2c(c1)OCCC21NC(=O)N(CC(=O)N2Cc3ccc(F)cc3CC[C@H]2C2CC2)C1=O. The third-order valence-corrected chi connectivity index (χ3v) is 8.24. The predicted molar refractivity (Wildman–Crippen MR) is 138 cm³/mol. The standard InChI is InChI=1S/C28H30FN5O5/c1-30-26(37)31-20-7-8-21-23(13-20)39-11-10-28(21)25(36)34(27(38)32-28)15-24(35)33-14-18-4-6-19(29)12-17(18)5-9-22(33)16-2-3-16/h4,6-8,12-13,16,22H,2-3,5,9-11,14-15H2,1H3,(H,32,38)(H2,30,31,37)/t22-,28?/m0/s1. The Hall–Kier alpha value is -4.15. The fraction of sp³-hybridized carbons (Fsp3) is 0.429. The minimum absolute atomic E-state index is 0.0160. The first-order chi connectivity index (χ1) is 18.8. The number of imide groups is 1. The van der Waals surface area contributed by atoms with Crippen LogP contribution >= 0.6 is 0 Å². The molecule has 3 N–H and O–H groups in total. The zero-order chi connectivity index (χ0) is 27.3. The van der Waals surface area contributed by atoms with E-state index in [0.29, 0.717) is 42.3 Å². The first-order valence-electron chi connectivity index (χ1n) is 13.3. The van der Waals surface area contributed by atoms with E-state index in [1.165, 1.54) is 19.2 Å². The number of nitrogens with one attached hydrogen (secondary N) is 3. The van der Waals surface area contributed by atoms with Gasteiger partial charge in [-0.25, -0.2) is 14.0 Å². The highest BCUT2D eigenvalue weighted by Crippen LogP contribution is 2.43. The minimum atomic E-state index is -1.35. The normalized spacial score (nSPS) is 23.9. The number of fused-ring (bicyclic) bond motifs is 3. The van der Waals surface area contributed by atoms with E-state index in [0.717, 1.165) is 28.9 Å². The third-order valence-electron chi connectivity index (χ3n) is 8.24. The Balaban J connectivity index is 1.24. The monoisotopic (exact) mass is 535 g/mol. The maximum atomic E-state index is 13.9. The Kier molecular flexibility index (Phi) is 6.16. The zero-order valence-electron chi connectivity index (χ0n) is 21.6. The molecule has 3 heterocycles. The average Bonchev–Trinajstić information content (AvgIpc) is 3.75. The topological polar surface area (TPSA) is 120 Å². The molecule has 6 amide bonds. The highest BCUT2D eigenvalue weighted by atomic mass is 19.1. The highest BCUT2D eigenvalue weighted by Gasteiger charge is 2.55. The lowest BCUT2D eigenvalue weighted by atomic mass is 9.84. The first-order valence-corrected chi connectivity index (χ1v) is 13.3. The molecule has 204 valence electrons. The van der Waals surface area contributed by atoms with E-state index in [9.17, 15) is 23.6 Å². The van der Waals surface area contributed by atoms with Gasteiger partial charge in [0.2, 0.25) is 5.91 Å². The Morgan fingerprint density at radius 2 is 1.95 bits per heavy atom. The Bertz CT molecular complexity index is 1380. The van der Waals surface area contributed by atoms with Crippen molar-refractivity contribution in [2.24, 2.45) is 5.92 Å². The number of ether oxygens (including phenoxy) is 1. The van der Waals surface area contributed by atoms with Crippen LogP contribution in [0.15, 0.2) is 36.4 Å². The maximum Gasteiger partial charge on any atom is 0.325 e. The van der Waals surface area contributed by atoms with Gasteiger partial charge in [-0.05, 0) is 60.9 Å². The fourth-order valence-electron chi connectivity index (χ4n) is 6.05. The Labute approximate surface area is 224 Å². The number of carbonyl (C=O) groups is 4. The summed E-state index contributed by atoms with van der Waals surface area (Å²) in [5.41, 5.74) is 1.39. The second-order valence-electron chi connectivity index (χ2n) is 10.6.